The van der Waals surface area contributed by atoms with Gasteiger partial charge in [-0.2, -0.15) is 0 Å². The summed E-state index contributed by atoms with van der Waals surface area (Å²) < 4.78 is 15.2. The van der Waals surface area contributed by atoms with Crippen LogP contribution in [-0.2, 0) is 21.7 Å². The molecule has 43 heavy (non-hydrogen) atoms. The fraction of sp³-hybridized carbons (Fsp3) is 0.364. The lowest BCUT2D eigenvalue weighted by atomic mass is 9.82. The number of carbonyl (C=O) groups is 1. The number of methoxy groups -OCH3 is 1. The van der Waals surface area contributed by atoms with Crippen LogP contribution < -0.4 is 15.2 Å². The van der Waals surface area contributed by atoms with E-state index >= 15 is 0 Å². The molecule has 2 aliphatic heterocycles. The first-order valence-corrected chi connectivity index (χ1v) is 18.6. The summed E-state index contributed by atoms with van der Waals surface area (Å²) in [4.78, 5) is 13.8. The lowest BCUT2D eigenvalue weighted by Crippen LogP contribution is -2.51. The number of hydrogen-bond acceptors (Lipinski definition) is 6. The third-order valence-corrected chi connectivity index (χ3v) is 14.3. The van der Waals surface area contributed by atoms with Crippen molar-refractivity contribution in [3.63, 3.8) is 0 Å². The standard InChI is InChI=1S/C33H37BrN4O4Si/c1-21-31(43(3,4)25-13-11-24(41-2)12-14-25)30(42-33(21)27-18-23(34)10-15-28(27)35-32(33)40)16-17-38-19-29(36-37-38)26(20-39)22-8-6-5-7-9-22/h5-15,18-19,21,26,30-31,39H,16-17,20H2,1-4H3,(H,35,40)/t21-,26?,30+,31-,33+/m0/s1. The van der Waals surface area contributed by atoms with Crippen molar-refractivity contribution in [2.75, 3.05) is 19.0 Å². The number of carbonyl (C=O) groups excluding carboxylic acids is 1. The average Bonchev–Trinajstić information content (AvgIpc) is 3.68. The minimum Gasteiger partial charge on any atom is -0.497 e. The minimum absolute atomic E-state index is 0.0533. The normalized spacial score (nSPS) is 23.8. The number of halogens is 1. The highest BCUT2D eigenvalue weighted by Crippen LogP contribution is 2.58. The molecular formula is C33H37BrN4O4Si. The maximum absolute atomic E-state index is 13.8. The van der Waals surface area contributed by atoms with Crippen molar-refractivity contribution in [1.29, 1.82) is 0 Å². The molecule has 0 saturated carbocycles. The molecule has 5 atom stereocenters. The highest BCUT2D eigenvalue weighted by Gasteiger charge is 2.64. The van der Waals surface area contributed by atoms with Gasteiger partial charge in [0.25, 0.3) is 5.91 Å². The number of aliphatic hydroxyl groups excluding tert-OH is 1. The molecule has 1 unspecified atom stereocenters. The lowest BCUT2D eigenvalue weighted by molar-refractivity contribution is -0.143. The zero-order valence-electron chi connectivity index (χ0n) is 24.8. The molecule has 8 nitrogen and oxygen atoms in total. The second-order valence-electron chi connectivity index (χ2n) is 12.1. The Kier molecular flexibility index (Phi) is 8.06. The number of nitrogens with zero attached hydrogens (tertiary/aromatic N) is 3. The van der Waals surface area contributed by atoms with E-state index in [0.29, 0.717) is 13.0 Å². The van der Waals surface area contributed by atoms with Gasteiger partial charge in [0.2, 0.25) is 0 Å². The fourth-order valence-corrected chi connectivity index (χ4v) is 11.7. The molecular weight excluding hydrogens is 624 g/mol. The Balaban J connectivity index is 1.33. The molecule has 224 valence electrons. The summed E-state index contributed by atoms with van der Waals surface area (Å²) in [7, 11) is -0.540. The Hall–Kier alpha value is -3.31. The second kappa shape index (κ2) is 11.6. The largest absolute Gasteiger partial charge is 0.497 e. The zero-order chi connectivity index (χ0) is 30.4. The molecule has 1 fully saturated rings. The van der Waals surface area contributed by atoms with Crippen molar-refractivity contribution in [2.24, 2.45) is 5.92 Å². The van der Waals surface area contributed by atoms with E-state index in [9.17, 15) is 9.90 Å². The molecule has 1 amide bonds. The monoisotopic (exact) mass is 660 g/mol. The molecule has 2 aliphatic rings. The average molecular weight is 662 g/mol. The Morgan fingerprint density at radius 3 is 2.58 bits per heavy atom. The van der Waals surface area contributed by atoms with Crippen LogP contribution in [0.15, 0.2) is 83.5 Å². The number of aryl methyl sites for hydroxylation is 1. The molecule has 1 aromatic heterocycles. The van der Waals surface area contributed by atoms with Gasteiger partial charge in [-0.3, -0.25) is 9.48 Å². The van der Waals surface area contributed by atoms with Crippen LogP contribution in [0.25, 0.3) is 0 Å². The van der Waals surface area contributed by atoms with Crippen molar-refractivity contribution < 1.29 is 19.4 Å². The molecule has 10 heteroatoms. The van der Waals surface area contributed by atoms with Gasteiger partial charge in [-0.15, -0.1) is 5.10 Å². The summed E-state index contributed by atoms with van der Waals surface area (Å²) in [5.41, 5.74) is 2.48. The van der Waals surface area contributed by atoms with Gasteiger partial charge in [0, 0.05) is 34.4 Å². The number of amides is 1. The molecule has 2 N–H and O–H groups in total. The van der Waals surface area contributed by atoms with Gasteiger partial charge in [-0.25, -0.2) is 0 Å². The van der Waals surface area contributed by atoms with Gasteiger partial charge in [0.1, 0.15) is 5.75 Å². The topological polar surface area (TPSA) is 98.5 Å². The van der Waals surface area contributed by atoms with Gasteiger partial charge in [0.15, 0.2) is 5.60 Å². The van der Waals surface area contributed by atoms with E-state index in [0.717, 1.165) is 32.7 Å². The summed E-state index contributed by atoms with van der Waals surface area (Å²) in [6, 6.07) is 24.1. The molecule has 3 aromatic carbocycles. The van der Waals surface area contributed by atoms with Gasteiger partial charge in [-0.05, 0) is 47.9 Å². The highest BCUT2D eigenvalue weighted by molar-refractivity contribution is 9.10. The van der Waals surface area contributed by atoms with E-state index in [2.05, 4.69) is 63.7 Å². The number of hydrogen-bond donors (Lipinski definition) is 2. The number of nitrogens with one attached hydrogen (secondary N) is 1. The summed E-state index contributed by atoms with van der Waals surface area (Å²) in [5.74, 6) is 0.411. The van der Waals surface area contributed by atoms with Gasteiger partial charge in [0.05, 0.1) is 39.5 Å². The van der Waals surface area contributed by atoms with Crippen LogP contribution in [0.1, 0.15) is 36.1 Å². The van der Waals surface area contributed by atoms with E-state index in [1.165, 1.54) is 5.19 Å². The number of rotatable bonds is 9. The Bertz CT molecular complexity index is 1610. The molecule has 4 aromatic rings. The zero-order valence-corrected chi connectivity index (χ0v) is 27.4. The Labute approximate surface area is 261 Å². The number of ether oxygens (including phenoxy) is 2. The smallest absolute Gasteiger partial charge is 0.261 e. The van der Waals surface area contributed by atoms with Crippen molar-refractivity contribution in [2.45, 2.75) is 56.1 Å². The number of aliphatic hydroxyl groups is 1. The summed E-state index contributed by atoms with van der Waals surface area (Å²) >= 11 is 3.62. The quantitative estimate of drug-likeness (QED) is 0.232. The molecule has 0 bridgehead atoms. The third kappa shape index (κ3) is 5.14. The first kappa shape index (κ1) is 29.7. The summed E-state index contributed by atoms with van der Waals surface area (Å²) in [6.45, 7) is 7.45. The predicted octanol–water partition coefficient (Wildman–Crippen LogP) is 5.43. The molecule has 1 saturated heterocycles. The third-order valence-electron chi connectivity index (χ3n) is 9.49. The van der Waals surface area contributed by atoms with Crippen LogP contribution >= 0.6 is 15.9 Å². The molecule has 3 heterocycles. The first-order valence-electron chi connectivity index (χ1n) is 14.7. The maximum Gasteiger partial charge on any atom is 0.261 e. The molecule has 0 aliphatic carbocycles. The number of anilines is 1. The molecule has 0 radical (unpaired) electrons. The summed E-state index contributed by atoms with van der Waals surface area (Å²) in [6.07, 6.45) is 2.39. The van der Waals surface area contributed by atoms with Crippen molar-refractivity contribution in [3.05, 3.63) is 100 Å². The number of benzene rings is 3. The summed E-state index contributed by atoms with van der Waals surface area (Å²) in [5, 5.41) is 23.4. The van der Waals surface area contributed by atoms with Crippen molar-refractivity contribution in [3.8, 4) is 5.75 Å². The van der Waals surface area contributed by atoms with E-state index in [-0.39, 0.29) is 36.0 Å². The van der Waals surface area contributed by atoms with E-state index in [1.807, 2.05) is 71.5 Å². The van der Waals surface area contributed by atoms with Crippen LogP contribution in [0.5, 0.6) is 5.75 Å². The van der Waals surface area contributed by atoms with Gasteiger partial charge in [-0.1, -0.05) is 88.8 Å². The van der Waals surface area contributed by atoms with Crippen molar-refractivity contribution >= 4 is 40.8 Å². The molecule has 6 rings (SSSR count). The van der Waals surface area contributed by atoms with Crippen LogP contribution in [0.4, 0.5) is 5.69 Å². The van der Waals surface area contributed by atoms with Crippen LogP contribution in [0, 0.1) is 5.92 Å². The fourth-order valence-electron chi connectivity index (χ4n) is 7.27. The Morgan fingerprint density at radius 2 is 1.88 bits per heavy atom. The van der Waals surface area contributed by atoms with Crippen LogP contribution in [-0.4, -0.2) is 53.9 Å². The van der Waals surface area contributed by atoms with Crippen molar-refractivity contribution in [1.82, 2.24) is 15.0 Å². The minimum atomic E-state index is -2.22. The van der Waals surface area contributed by atoms with Crippen LogP contribution in [0.2, 0.25) is 18.6 Å². The maximum atomic E-state index is 13.8. The highest BCUT2D eigenvalue weighted by atomic mass is 79.9. The van der Waals surface area contributed by atoms with E-state index < -0.39 is 13.7 Å². The van der Waals surface area contributed by atoms with Gasteiger partial charge < -0.3 is 19.9 Å². The van der Waals surface area contributed by atoms with Crippen LogP contribution in [0.3, 0.4) is 0 Å². The number of aromatic nitrogens is 3. The Morgan fingerprint density at radius 1 is 1.14 bits per heavy atom. The van der Waals surface area contributed by atoms with E-state index in [4.69, 9.17) is 9.47 Å². The first-order chi connectivity index (χ1) is 20.7. The SMILES string of the molecule is COc1ccc([Si](C)(C)[C@@H]2[C@@H](CCn3cc(C(CO)c4ccccc4)nn3)O[C@]3(C(=O)Nc4ccc(Br)cc43)[C@H]2C)cc1. The predicted molar refractivity (Wildman–Crippen MR) is 172 cm³/mol. The molecule has 1 spiro atoms. The lowest BCUT2D eigenvalue weighted by Gasteiger charge is -2.37. The van der Waals surface area contributed by atoms with E-state index in [1.54, 1.807) is 7.11 Å². The number of fused-ring (bicyclic) bond motifs is 2. The van der Waals surface area contributed by atoms with Gasteiger partial charge >= 0.3 is 0 Å². The second-order valence-corrected chi connectivity index (χ2v) is 17.7.